The Hall–Kier alpha value is -2.52. The molecule has 0 aromatic heterocycles. The van der Waals surface area contributed by atoms with Crippen LogP contribution in [0.25, 0.3) is 0 Å². The van der Waals surface area contributed by atoms with E-state index in [1.165, 1.54) is 17.8 Å². The standard InChI is InChI=1S/C14H14N4O4S/c15-10-11(19)18-8(13(20)21)6-9(23-12(10)18)17-14(22)16-7-4-2-1-3-5-7/h1-6,9-10,12H,15H2,(H,20,21)(H2,16,17,22)/t9?,10?,12-/m1/s1. The highest BCUT2D eigenvalue weighted by molar-refractivity contribution is 8.00. The molecule has 2 heterocycles. The molecular formula is C14H14N4O4S. The van der Waals surface area contributed by atoms with Crippen LogP contribution in [0.15, 0.2) is 42.1 Å². The highest BCUT2D eigenvalue weighted by atomic mass is 32.2. The number of carboxylic acid groups (broad SMARTS) is 1. The number of thioether (sulfide) groups is 1. The van der Waals surface area contributed by atoms with Crippen LogP contribution in [0.5, 0.6) is 0 Å². The fourth-order valence-corrected chi connectivity index (χ4v) is 3.68. The molecule has 9 heteroatoms. The third-order valence-corrected chi connectivity index (χ3v) is 4.79. The molecule has 0 bridgehead atoms. The number of carbonyl (C=O) groups excluding carboxylic acids is 2. The largest absolute Gasteiger partial charge is 0.477 e. The first-order valence-electron chi connectivity index (χ1n) is 6.79. The van der Waals surface area contributed by atoms with Crippen molar-refractivity contribution in [3.8, 4) is 0 Å². The minimum Gasteiger partial charge on any atom is -0.477 e. The maximum atomic E-state index is 12.0. The maximum Gasteiger partial charge on any atom is 0.352 e. The zero-order valence-electron chi connectivity index (χ0n) is 11.8. The van der Waals surface area contributed by atoms with E-state index < -0.39 is 34.7 Å². The molecule has 0 spiro atoms. The molecule has 2 aliphatic rings. The van der Waals surface area contributed by atoms with Gasteiger partial charge in [-0.05, 0) is 18.2 Å². The van der Waals surface area contributed by atoms with Crippen molar-refractivity contribution in [3.05, 3.63) is 42.1 Å². The van der Waals surface area contributed by atoms with Gasteiger partial charge in [-0.15, -0.1) is 11.8 Å². The molecule has 3 atom stereocenters. The minimum absolute atomic E-state index is 0.162. The Balaban J connectivity index is 1.70. The molecule has 1 aromatic rings. The first-order chi connectivity index (χ1) is 11.0. The van der Waals surface area contributed by atoms with Gasteiger partial charge < -0.3 is 21.5 Å². The topological polar surface area (TPSA) is 125 Å². The molecule has 120 valence electrons. The van der Waals surface area contributed by atoms with Crippen molar-refractivity contribution in [2.75, 3.05) is 5.32 Å². The number of nitrogens with zero attached hydrogens (tertiary/aromatic N) is 1. The zero-order chi connectivity index (χ0) is 16.6. The number of fused-ring (bicyclic) bond motifs is 1. The predicted octanol–water partition coefficient (Wildman–Crippen LogP) is 0.345. The number of benzene rings is 1. The van der Waals surface area contributed by atoms with Gasteiger partial charge in [-0.1, -0.05) is 18.2 Å². The highest BCUT2D eigenvalue weighted by Gasteiger charge is 2.52. The van der Waals surface area contributed by atoms with Gasteiger partial charge in [0.1, 0.15) is 17.1 Å². The summed E-state index contributed by atoms with van der Waals surface area (Å²) >= 11 is 1.22. The highest BCUT2D eigenvalue weighted by Crippen LogP contribution is 2.39. The lowest BCUT2D eigenvalue weighted by atomic mass is 10.1. The van der Waals surface area contributed by atoms with Crippen LogP contribution in [-0.2, 0) is 9.59 Å². The molecule has 1 fully saturated rings. The number of para-hydroxylation sites is 1. The van der Waals surface area contributed by atoms with Gasteiger partial charge in [-0.2, -0.15) is 0 Å². The lowest BCUT2D eigenvalue weighted by molar-refractivity contribution is -0.147. The second kappa shape index (κ2) is 5.94. The summed E-state index contributed by atoms with van der Waals surface area (Å²) in [7, 11) is 0. The number of hydrogen-bond acceptors (Lipinski definition) is 5. The molecule has 0 aliphatic carbocycles. The predicted molar refractivity (Wildman–Crippen MR) is 84.3 cm³/mol. The monoisotopic (exact) mass is 334 g/mol. The van der Waals surface area contributed by atoms with E-state index in [-0.39, 0.29) is 5.70 Å². The van der Waals surface area contributed by atoms with Crippen LogP contribution in [-0.4, -0.2) is 44.7 Å². The number of β-lactam (4-membered cyclic amide) rings is 1. The summed E-state index contributed by atoms with van der Waals surface area (Å²) in [5, 5.41) is 13.4. The SMILES string of the molecule is NC1C(=O)N2C(C(=O)O)=CC(NC(=O)Nc3ccccc3)S[C@H]12. The average molecular weight is 334 g/mol. The van der Waals surface area contributed by atoms with Crippen molar-refractivity contribution in [1.82, 2.24) is 10.2 Å². The fourth-order valence-electron chi connectivity index (χ4n) is 2.37. The lowest BCUT2D eigenvalue weighted by Crippen LogP contribution is -2.69. The molecule has 1 saturated heterocycles. The van der Waals surface area contributed by atoms with Gasteiger partial charge >= 0.3 is 12.0 Å². The molecule has 0 radical (unpaired) electrons. The van der Waals surface area contributed by atoms with Crippen LogP contribution in [0.1, 0.15) is 0 Å². The van der Waals surface area contributed by atoms with Crippen LogP contribution in [0.4, 0.5) is 10.5 Å². The number of aliphatic carboxylic acids is 1. The molecule has 3 amide bonds. The van der Waals surface area contributed by atoms with E-state index in [0.717, 1.165) is 4.90 Å². The molecule has 2 unspecified atom stereocenters. The third kappa shape index (κ3) is 2.88. The molecular weight excluding hydrogens is 320 g/mol. The normalized spacial score (nSPS) is 25.8. The number of nitrogens with one attached hydrogen (secondary N) is 2. The van der Waals surface area contributed by atoms with Crippen LogP contribution >= 0.6 is 11.8 Å². The number of urea groups is 1. The number of hydrogen-bond donors (Lipinski definition) is 4. The number of carbonyl (C=O) groups is 3. The van der Waals surface area contributed by atoms with Gasteiger partial charge in [-0.25, -0.2) is 9.59 Å². The Morgan fingerprint density at radius 3 is 2.61 bits per heavy atom. The van der Waals surface area contributed by atoms with Gasteiger partial charge in [0, 0.05) is 5.69 Å². The molecule has 23 heavy (non-hydrogen) atoms. The third-order valence-electron chi connectivity index (χ3n) is 3.46. The number of amides is 3. The van der Waals surface area contributed by atoms with Gasteiger partial charge in [-0.3, -0.25) is 9.69 Å². The Kier molecular flexibility index (Phi) is 3.97. The van der Waals surface area contributed by atoms with E-state index in [0.29, 0.717) is 5.69 Å². The van der Waals surface area contributed by atoms with Crippen LogP contribution in [0.2, 0.25) is 0 Å². The van der Waals surface area contributed by atoms with Crippen molar-refractivity contribution in [1.29, 1.82) is 0 Å². The second-order valence-corrected chi connectivity index (χ2v) is 6.27. The zero-order valence-corrected chi connectivity index (χ0v) is 12.6. The van der Waals surface area contributed by atoms with Crippen molar-refractivity contribution < 1.29 is 19.5 Å². The van der Waals surface area contributed by atoms with Crippen molar-refractivity contribution in [3.63, 3.8) is 0 Å². The molecule has 8 nitrogen and oxygen atoms in total. The van der Waals surface area contributed by atoms with Gasteiger partial charge in [0.05, 0.1) is 5.37 Å². The Morgan fingerprint density at radius 2 is 1.96 bits per heavy atom. The van der Waals surface area contributed by atoms with E-state index >= 15 is 0 Å². The average Bonchev–Trinajstić information content (AvgIpc) is 2.54. The number of rotatable bonds is 3. The van der Waals surface area contributed by atoms with Crippen LogP contribution in [0, 0.1) is 0 Å². The van der Waals surface area contributed by atoms with Gasteiger partial charge in [0.15, 0.2) is 0 Å². The summed E-state index contributed by atoms with van der Waals surface area (Å²) < 4.78 is 0. The molecule has 1 aromatic carbocycles. The summed E-state index contributed by atoms with van der Waals surface area (Å²) in [4.78, 5) is 36.1. The molecule has 5 N–H and O–H groups in total. The maximum absolute atomic E-state index is 12.0. The quantitative estimate of drug-likeness (QED) is 0.591. The van der Waals surface area contributed by atoms with Crippen molar-refractivity contribution in [2.45, 2.75) is 16.8 Å². The van der Waals surface area contributed by atoms with E-state index in [1.807, 2.05) is 6.07 Å². The van der Waals surface area contributed by atoms with E-state index in [4.69, 9.17) is 5.73 Å². The Morgan fingerprint density at radius 1 is 1.26 bits per heavy atom. The van der Waals surface area contributed by atoms with E-state index in [1.54, 1.807) is 24.3 Å². The summed E-state index contributed by atoms with van der Waals surface area (Å²) in [5.41, 5.74) is 6.15. The van der Waals surface area contributed by atoms with Gasteiger partial charge in [0.2, 0.25) is 5.91 Å². The molecule has 3 rings (SSSR count). The van der Waals surface area contributed by atoms with Crippen LogP contribution in [0.3, 0.4) is 0 Å². The van der Waals surface area contributed by atoms with Crippen molar-refractivity contribution >= 4 is 35.4 Å². The van der Waals surface area contributed by atoms with Crippen molar-refractivity contribution in [2.24, 2.45) is 5.73 Å². The van der Waals surface area contributed by atoms with Gasteiger partial charge in [0.25, 0.3) is 0 Å². The molecule has 2 aliphatic heterocycles. The van der Waals surface area contributed by atoms with Crippen LogP contribution < -0.4 is 16.4 Å². The number of carboxylic acids is 1. The van der Waals surface area contributed by atoms with E-state index in [2.05, 4.69) is 10.6 Å². The first kappa shape index (κ1) is 15.4. The lowest BCUT2D eigenvalue weighted by Gasteiger charge is -2.48. The summed E-state index contributed by atoms with van der Waals surface area (Å²) in [5.74, 6) is -1.66. The minimum atomic E-state index is -1.23. The Labute approximate surface area is 135 Å². The molecule has 0 saturated carbocycles. The second-order valence-electron chi connectivity index (χ2n) is 5.00. The number of anilines is 1. The smallest absolute Gasteiger partial charge is 0.352 e. The summed E-state index contributed by atoms with van der Waals surface area (Å²) in [6.07, 6.45) is 1.33. The number of nitrogens with two attached hydrogens (primary N) is 1. The summed E-state index contributed by atoms with van der Waals surface area (Å²) in [6.45, 7) is 0. The summed E-state index contributed by atoms with van der Waals surface area (Å²) in [6, 6.07) is 7.62. The Bertz CT molecular complexity index is 693. The van der Waals surface area contributed by atoms with E-state index in [9.17, 15) is 19.5 Å². The first-order valence-corrected chi connectivity index (χ1v) is 7.73. The fraction of sp³-hybridized carbons (Fsp3) is 0.214.